The Kier molecular flexibility index (Phi) is 4.78. The van der Waals surface area contributed by atoms with Gasteiger partial charge in [0.25, 0.3) is 0 Å². The number of nitrogens with one attached hydrogen (secondary N) is 1. The molecule has 2 heterocycles. The third-order valence-electron chi connectivity index (χ3n) is 3.83. The van der Waals surface area contributed by atoms with Gasteiger partial charge in [0.15, 0.2) is 0 Å². The fourth-order valence-corrected chi connectivity index (χ4v) is 2.57. The van der Waals surface area contributed by atoms with Crippen LogP contribution in [0.15, 0.2) is 39.6 Å². The number of rotatable bonds is 9. The van der Waals surface area contributed by atoms with E-state index in [4.69, 9.17) is 8.83 Å². The summed E-state index contributed by atoms with van der Waals surface area (Å²) in [6, 6.07) is 6.84. The molecule has 0 aromatic carbocycles. The van der Waals surface area contributed by atoms with Crippen molar-refractivity contribution in [3.05, 3.63) is 47.8 Å². The van der Waals surface area contributed by atoms with E-state index < -0.39 is 0 Å². The minimum absolute atomic E-state index is 0.682. The van der Waals surface area contributed by atoms with E-state index in [1.165, 1.54) is 18.4 Å². The van der Waals surface area contributed by atoms with Gasteiger partial charge in [-0.15, -0.1) is 0 Å². The lowest BCUT2D eigenvalue weighted by molar-refractivity contribution is 0.208. The summed E-state index contributed by atoms with van der Waals surface area (Å²) in [5.74, 6) is 2.07. The largest absolute Gasteiger partial charge is 0.468 e. The lowest BCUT2D eigenvalue weighted by Gasteiger charge is -2.19. The second kappa shape index (κ2) is 6.96. The number of furan rings is 2. The first-order valence-corrected chi connectivity index (χ1v) is 7.88. The van der Waals surface area contributed by atoms with E-state index in [1.807, 2.05) is 18.4 Å². The van der Waals surface area contributed by atoms with Gasteiger partial charge in [-0.05, 0) is 44.0 Å². The summed E-state index contributed by atoms with van der Waals surface area (Å²) in [6.07, 6.45) is 7.34. The van der Waals surface area contributed by atoms with E-state index in [9.17, 15) is 0 Å². The molecule has 4 nitrogen and oxygen atoms in total. The predicted molar refractivity (Wildman–Crippen MR) is 81.7 cm³/mol. The summed E-state index contributed by atoms with van der Waals surface area (Å²) in [6.45, 7) is 5.84. The Balaban J connectivity index is 1.55. The lowest BCUT2D eigenvalue weighted by atomic mass is 10.3. The molecular formula is C17H24N2O2. The number of hydrogen-bond acceptors (Lipinski definition) is 4. The highest BCUT2D eigenvalue weighted by Gasteiger charge is 2.30. The Morgan fingerprint density at radius 1 is 1.24 bits per heavy atom. The molecule has 2 aromatic heterocycles. The van der Waals surface area contributed by atoms with Gasteiger partial charge in [-0.3, -0.25) is 4.90 Å². The summed E-state index contributed by atoms with van der Waals surface area (Å²) in [4.78, 5) is 2.45. The van der Waals surface area contributed by atoms with E-state index >= 15 is 0 Å². The van der Waals surface area contributed by atoms with Crippen LogP contribution in [0.3, 0.4) is 0 Å². The maximum Gasteiger partial charge on any atom is 0.118 e. The molecule has 1 N–H and O–H groups in total. The van der Waals surface area contributed by atoms with Crippen LogP contribution in [0.4, 0.5) is 0 Å². The van der Waals surface area contributed by atoms with Crippen molar-refractivity contribution >= 4 is 0 Å². The minimum atomic E-state index is 0.682. The second-order valence-electron chi connectivity index (χ2n) is 5.81. The molecule has 3 rings (SSSR count). The standard InChI is InChI=1S/C17H24N2O2/c1-2-7-18-10-14-9-17(21-13-14)12-19(15-5-6-15)11-16-4-3-8-20-16/h3-4,8-9,13,15,18H,2,5-7,10-12H2,1H3. The van der Waals surface area contributed by atoms with Gasteiger partial charge in [-0.2, -0.15) is 0 Å². The molecule has 1 aliphatic carbocycles. The van der Waals surface area contributed by atoms with Crippen LogP contribution >= 0.6 is 0 Å². The van der Waals surface area contributed by atoms with Crippen molar-refractivity contribution in [1.82, 2.24) is 10.2 Å². The van der Waals surface area contributed by atoms with Crippen LogP contribution in [0.1, 0.15) is 43.3 Å². The Bertz CT molecular complexity index is 529. The molecule has 0 amide bonds. The van der Waals surface area contributed by atoms with Crippen molar-refractivity contribution in [2.75, 3.05) is 6.54 Å². The zero-order chi connectivity index (χ0) is 14.5. The van der Waals surface area contributed by atoms with Crippen molar-refractivity contribution in [1.29, 1.82) is 0 Å². The monoisotopic (exact) mass is 288 g/mol. The van der Waals surface area contributed by atoms with Gasteiger partial charge in [0.05, 0.1) is 25.6 Å². The van der Waals surface area contributed by atoms with E-state index in [2.05, 4.69) is 23.2 Å². The van der Waals surface area contributed by atoms with Gasteiger partial charge in [0.1, 0.15) is 11.5 Å². The van der Waals surface area contributed by atoms with Crippen molar-refractivity contribution < 1.29 is 8.83 Å². The van der Waals surface area contributed by atoms with Crippen LogP contribution in [-0.2, 0) is 19.6 Å². The van der Waals surface area contributed by atoms with Gasteiger partial charge in [-0.1, -0.05) is 6.92 Å². The molecule has 0 saturated heterocycles. The van der Waals surface area contributed by atoms with Crippen molar-refractivity contribution in [2.45, 2.75) is 51.9 Å². The molecule has 0 atom stereocenters. The summed E-state index contributed by atoms with van der Waals surface area (Å²) < 4.78 is 11.2. The fraction of sp³-hybridized carbons (Fsp3) is 0.529. The van der Waals surface area contributed by atoms with Crippen LogP contribution in [0, 0.1) is 0 Å². The zero-order valence-electron chi connectivity index (χ0n) is 12.7. The van der Waals surface area contributed by atoms with Crippen LogP contribution in [-0.4, -0.2) is 17.5 Å². The smallest absolute Gasteiger partial charge is 0.118 e. The van der Waals surface area contributed by atoms with Gasteiger partial charge < -0.3 is 14.2 Å². The van der Waals surface area contributed by atoms with Gasteiger partial charge in [0.2, 0.25) is 0 Å². The van der Waals surface area contributed by atoms with Crippen LogP contribution < -0.4 is 5.32 Å². The summed E-state index contributed by atoms with van der Waals surface area (Å²) >= 11 is 0. The predicted octanol–water partition coefficient (Wildman–Crippen LogP) is 3.54. The lowest BCUT2D eigenvalue weighted by Crippen LogP contribution is -2.24. The van der Waals surface area contributed by atoms with Crippen LogP contribution in [0.25, 0.3) is 0 Å². The van der Waals surface area contributed by atoms with E-state index in [0.717, 1.165) is 44.1 Å². The first-order chi connectivity index (χ1) is 10.3. The van der Waals surface area contributed by atoms with E-state index in [-0.39, 0.29) is 0 Å². The molecule has 0 spiro atoms. The Morgan fingerprint density at radius 2 is 2.10 bits per heavy atom. The quantitative estimate of drug-likeness (QED) is 0.717. The third kappa shape index (κ3) is 4.22. The van der Waals surface area contributed by atoms with Crippen molar-refractivity contribution in [2.24, 2.45) is 0 Å². The Hall–Kier alpha value is -1.52. The maximum absolute atomic E-state index is 5.71. The highest BCUT2D eigenvalue weighted by Crippen LogP contribution is 2.30. The molecule has 1 saturated carbocycles. The number of hydrogen-bond donors (Lipinski definition) is 1. The molecule has 4 heteroatoms. The minimum Gasteiger partial charge on any atom is -0.468 e. The molecular weight excluding hydrogens is 264 g/mol. The number of nitrogens with zero attached hydrogens (tertiary/aromatic N) is 1. The first-order valence-electron chi connectivity index (χ1n) is 7.88. The first kappa shape index (κ1) is 14.4. The highest BCUT2D eigenvalue weighted by molar-refractivity contribution is 5.13. The van der Waals surface area contributed by atoms with Gasteiger partial charge in [-0.25, -0.2) is 0 Å². The van der Waals surface area contributed by atoms with Crippen LogP contribution in [0.2, 0.25) is 0 Å². The highest BCUT2D eigenvalue weighted by atomic mass is 16.3. The molecule has 114 valence electrons. The zero-order valence-corrected chi connectivity index (χ0v) is 12.7. The molecule has 21 heavy (non-hydrogen) atoms. The maximum atomic E-state index is 5.71. The average Bonchev–Trinajstić information content (AvgIpc) is 3.03. The Labute approximate surface area is 126 Å². The summed E-state index contributed by atoms with van der Waals surface area (Å²) in [5, 5.41) is 3.40. The van der Waals surface area contributed by atoms with Gasteiger partial charge >= 0.3 is 0 Å². The van der Waals surface area contributed by atoms with Crippen molar-refractivity contribution in [3.8, 4) is 0 Å². The van der Waals surface area contributed by atoms with Crippen molar-refractivity contribution in [3.63, 3.8) is 0 Å². The summed E-state index contributed by atoms with van der Waals surface area (Å²) in [7, 11) is 0. The topological polar surface area (TPSA) is 41.6 Å². The average molecular weight is 288 g/mol. The van der Waals surface area contributed by atoms with E-state index in [1.54, 1.807) is 6.26 Å². The SMILES string of the molecule is CCCNCc1coc(CN(Cc2ccco2)C2CC2)c1. The van der Waals surface area contributed by atoms with Crippen LogP contribution in [0.5, 0.6) is 0 Å². The fourth-order valence-electron chi connectivity index (χ4n) is 2.57. The molecule has 0 bridgehead atoms. The molecule has 2 aromatic rings. The molecule has 1 fully saturated rings. The molecule has 0 unspecified atom stereocenters. The van der Waals surface area contributed by atoms with E-state index in [0.29, 0.717) is 6.04 Å². The molecule has 0 aliphatic heterocycles. The van der Waals surface area contributed by atoms with Gasteiger partial charge in [0, 0.05) is 18.2 Å². The molecule has 0 radical (unpaired) electrons. The second-order valence-corrected chi connectivity index (χ2v) is 5.81. The summed E-state index contributed by atoms with van der Waals surface area (Å²) in [5.41, 5.74) is 1.23. The normalized spacial score (nSPS) is 15.0. The Morgan fingerprint density at radius 3 is 2.81 bits per heavy atom. The third-order valence-corrected chi connectivity index (χ3v) is 3.83. The molecule has 1 aliphatic rings.